The molecule has 1 unspecified atom stereocenters. The summed E-state index contributed by atoms with van der Waals surface area (Å²) in [4.78, 5) is 0. The molecular weight excluding hydrogens is 325 g/mol. The van der Waals surface area contributed by atoms with Crippen LogP contribution >= 0.6 is 15.9 Å². The third-order valence-corrected chi connectivity index (χ3v) is 3.46. The van der Waals surface area contributed by atoms with E-state index in [0.717, 1.165) is 11.3 Å². The molecule has 3 nitrogen and oxygen atoms in total. The Balaban J connectivity index is 2.21. The first-order valence-corrected chi connectivity index (χ1v) is 6.89. The van der Waals surface area contributed by atoms with Crippen LogP contribution in [-0.2, 0) is 0 Å². The summed E-state index contributed by atoms with van der Waals surface area (Å²) in [6.07, 6.45) is -0.317. The summed E-state index contributed by atoms with van der Waals surface area (Å²) in [7, 11) is 1.61. The minimum absolute atomic E-state index is 0.308. The van der Waals surface area contributed by atoms with Crippen LogP contribution in [0.3, 0.4) is 0 Å². The van der Waals surface area contributed by atoms with Crippen LogP contribution < -0.4 is 15.2 Å². The van der Waals surface area contributed by atoms with E-state index in [9.17, 15) is 4.39 Å². The molecule has 0 fully saturated rings. The molecule has 0 aromatic heterocycles. The summed E-state index contributed by atoms with van der Waals surface area (Å²) in [5, 5.41) is 0. The smallest absolute Gasteiger partial charge is 0.137 e. The minimum atomic E-state index is -0.331. The Morgan fingerprint density at radius 2 is 2.00 bits per heavy atom. The van der Waals surface area contributed by atoms with Crippen molar-refractivity contribution in [2.75, 3.05) is 13.7 Å². The van der Waals surface area contributed by atoms with Crippen LogP contribution in [0.2, 0.25) is 0 Å². The number of methoxy groups -OCH3 is 1. The second-order valence-corrected chi connectivity index (χ2v) is 5.05. The standard InChI is InChI=1S/C15H15BrFNO2/c1-19-11-4-2-3-10(7-11)15(9-18)20-12-5-6-14(17)13(16)8-12/h2-8,15H,9,18H2,1H3. The maximum Gasteiger partial charge on any atom is 0.137 e. The van der Waals surface area contributed by atoms with Crippen LogP contribution in [0.1, 0.15) is 11.7 Å². The van der Waals surface area contributed by atoms with Crippen LogP contribution in [0.15, 0.2) is 46.9 Å². The Kier molecular flexibility index (Phi) is 4.98. The number of halogens is 2. The van der Waals surface area contributed by atoms with Gasteiger partial charge in [0.1, 0.15) is 23.4 Å². The molecule has 2 aromatic carbocycles. The van der Waals surface area contributed by atoms with Crippen molar-refractivity contribution >= 4 is 15.9 Å². The number of hydrogen-bond donors (Lipinski definition) is 1. The molecule has 0 amide bonds. The lowest BCUT2D eigenvalue weighted by Gasteiger charge is -2.18. The molecule has 2 aromatic rings. The molecular formula is C15H15BrFNO2. The molecule has 20 heavy (non-hydrogen) atoms. The zero-order chi connectivity index (χ0) is 14.5. The predicted octanol–water partition coefficient (Wildman–Crippen LogP) is 3.68. The normalized spacial score (nSPS) is 12.0. The number of benzene rings is 2. The topological polar surface area (TPSA) is 44.5 Å². The molecule has 0 aliphatic heterocycles. The van der Waals surface area contributed by atoms with E-state index in [0.29, 0.717) is 16.8 Å². The van der Waals surface area contributed by atoms with Crippen molar-refractivity contribution in [3.05, 3.63) is 58.3 Å². The summed E-state index contributed by atoms with van der Waals surface area (Å²) in [6, 6.07) is 12.0. The van der Waals surface area contributed by atoms with Crippen molar-refractivity contribution in [2.45, 2.75) is 6.10 Å². The van der Waals surface area contributed by atoms with E-state index in [1.165, 1.54) is 6.07 Å². The summed E-state index contributed by atoms with van der Waals surface area (Å²) >= 11 is 3.13. The fraction of sp³-hybridized carbons (Fsp3) is 0.200. The van der Waals surface area contributed by atoms with E-state index in [-0.39, 0.29) is 11.9 Å². The molecule has 0 spiro atoms. The average molecular weight is 340 g/mol. The van der Waals surface area contributed by atoms with Crippen molar-refractivity contribution in [1.82, 2.24) is 0 Å². The van der Waals surface area contributed by atoms with Gasteiger partial charge in [0.25, 0.3) is 0 Å². The third-order valence-electron chi connectivity index (χ3n) is 2.85. The van der Waals surface area contributed by atoms with E-state index < -0.39 is 0 Å². The van der Waals surface area contributed by atoms with Gasteiger partial charge in [0.2, 0.25) is 0 Å². The Morgan fingerprint density at radius 1 is 1.20 bits per heavy atom. The van der Waals surface area contributed by atoms with Crippen molar-refractivity contribution in [3.8, 4) is 11.5 Å². The molecule has 5 heteroatoms. The largest absolute Gasteiger partial charge is 0.497 e. The lowest BCUT2D eigenvalue weighted by molar-refractivity contribution is 0.213. The van der Waals surface area contributed by atoms with Gasteiger partial charge in [-0.2, -0.15) is 0 Å². The fourth-order valence-corrected chi connectivity index (χ4v) is 2.17. The van der Waals surface area contributed by atoms with Crippen LogP contribution in [0, 0.1) is 5.82 Å². The second kappa shape index (κ2) is 6.72. The van der Waals surface area contributed by atoms with Gasteiger partial charge in [-0.1, -0.05) is 12.1 Å². The summed E-state index contributed by atoms with van der Waals surface area (Å²) in [5.41, 5.74) is 6.67. The van der Waals surface area contributed by atoms with Crippen molar-refractivity contribution < 1.29 is 13.9 Å². The van der Waals surface area contributed by atoms with Crippen LogP contribution in [0.4, 0.5) is 4.39 Å². The summed E-state index contributed by atoms with van der Waals surface area (Å²) in [5.74, 6) is 0.962. The van der Waals surface area contributed by atoms with Gasteiger partial charge in [-0.3, -0.25) is 0 Å². The molecule has 0 aliphatic carbocycles. The van der Waals surface area contributed by atoms with E-state index in [1.807, 2.05) is 24.3 Å². The Morgan fingerprint density at radius 3 is 2.65 bits per heavy atom. The molecule has 0 radical (unpaired) electrons. The summed E-state index contributed by atoms with van der Waals surface area (Å²) in [6.45, 7) is 0.308. The highest BCUT2D eigenvalue weighted by atomic mass is 79.9. The van der Waals surface area contributed by atoms with Gasteiger partial charge >= 0.3 is 0 Å². The maximum absolute atomic E-state index is 13.2. The molecule has 0 aliphatic rings. The molecule has 0 bridgehead atoms. The highest BCUT2D eigenvalue weighted by molar-refractivity contribution is 9.10. The SMILES string of the molecule is COc1cccc(C(CN)Oc2ccc(F)c(Br)c2)c1. The van der Waals surface area contributed by atoms with Gasteiger partial charge in [0.05, 0.1) is 11.6 Å². The minimum Gasteiger partial charge on any atom is -0.497 e. The zero-order valence-corrected chi connectivity index (χ0v) is 12.6. The van der Waals surface area contributed by atoms with Gasteiger partial charge in [-0.15, -0.1) is 0 Å². The Hall–Kier alpha value is -1.59. The van der Waals surface area contributed by atoms with Crippen molar-refractivity contribution in [2.24, 2.45) is 5.73 Å². The number of ether oxygens (including phenoxy) is 2. The molecule has 2 N–H and O–H groups in total. The average Bonchev–Trinajstić information content (AvgIpc) is 2.48. The van der Waals surface area contributed by atoms with Crippen LogP contribution in [-0.4, -0.2) is 13.7 Å². The molecule has 1 atom stereocenters. The lowest BCUT2D eigenvalue weighted by Crippen LogP contribution is -2.18. The third kappa shape index (κ3) is 3.49. The molecule has 0 heterocycles. The maximum atomic E-state index is 13.2. The number of hydrogen-bond acceptors (Lipinski definition) is 3. The zero-order valence-electron chi connectivity index (χ0n) is 11.0. The Bertz CT molecular complexity index is 592. The summed E-state index contributed by atoms with van der Waals surface area (Å²) < 4.78 is 24.5. The quantitative estimate of drug-likeness (QED) is 0.903. The molecule has 2 rings (SSSR count). The first-order chi connectivity index (χ1) is 9.63. The van der Waals surface area contributed by atoms with Gasteiger partial charge in [0.15, 0.2) is 0 Å². The van der Waals surface area contributed by atoms with Crippen molar-refractivity contribution in [1.29, 1.82) is 0 Å². The monoisotopic (exact) mass is 339 g/mol. The van der Waals surface area contributed by atoms with E-state index in [1.54, 1.807) is 19.2 Å². The first-order valence-electron chi connectivity index (χ1n) is 6.09. The van der Waals surface area contributed by atoms with E-state index >= 15 is 0 Å². The van der Waals surface area contributed by atoms with Crippen LogP contribution in [0.25, 0.3) is 0 Å². The molecule has 106 valence electrons. The second-order valence-electron chi connectivity index (χ2n) is 4.19. The highest BCUT2D eigenvalue weighted by Crippen LogP contribution is 2.27. The van der Waals surface area contributed by atoms with Gasteiger partial charge in [-0.05, 0) is 51.8 Å². The van der Waals surface area contributed by atoms with E-state index in [2.05, 4.69) is 15.9 Å². The van der Waals surface area contributed by atoms with Crippen molar-refractivity contribution in [3.63, 3.8) is 0 Å². The van der Waals surface area contributed by atoms with Gasteiger partial charge in [0, 0.05) is 6.54 Å². The number of nitrogens with two attached hydrogens (primary N) is 1. The van der Waals surface area contributed by atoms with E-state index in [4.69, 9.17) is 15.2 Å². The van der Waals surface area contributed by atoms with Gasteiger partial charge in [-0.25, -0.2) is 4.39 Å². The molecule has 0 saturated heterocycles. The predicted molar refractivity (Wildman–Crippen MR) is 79.5 cm³/mol. The highest BCUT2D eigenvalue weighted by Gasteiger charge is 2.13. The lowest BCUT2D eigenvalue weighted by atomic mass is 10.1. The van der Waals surface area contributed by atoms with Crippen LogP contribution in [0.5, 0.6) is 11.5 Å². The fourth-order valence-electron chi connectivity index (χ4n) is 1.81. The number of rotatable bonds is 5. The molecule has 0 saturated carbocycles. The Labute approximate surface area is 125 Å². The van der Waals surface area contributed by atoms with Gasteiger partial charge < -0.3 is 15.2 Å². The first kappa shape index (κ1) is 14.8.